The van der Waals surface area contributed by atoms with Crippen molar-refractivity contribution in [3.63, 3.8) is 0 Å². The molecule has 1 saturated heterocycles. The SMILES string of the molecule is CC(C)(C)CC(=O)OCC(=O)C12OC(C)(C)O[C@@H]1CC1C3CCC4=CC(=O)C=CC4(C)[C@@]3(F)[C@@H](O)CC12C. The molecule has 3 saturated carbocycles. The zero-order valence-corrected chi connectivity index (χ0v) is 23.6. The number of ketones is 2. The number of aliphatic hydroxyl groups excluding tert-OH is 1. The molecule has 0 amide bonds. The van der Waals surface area contributed by atoms with E-state index in [1.807, 2.05) is 27.7 Å². The van der Waals surface area contributed by atoms with Gasteiger partial charge in [0, 0.05) is 16.7 Å². The Morgan fingerprint density at radius 3 is 2.53 bits per heavy atom. The maximum Gasteiger partial charge on any atom is 0.306 e. The first-order chi connectivity index (χ1) is 17.4. The Bertz CT molecular complexity index is 1130. The van der Waals surface area contributed by atoms with E-state index in [9.17, 15) is 19.5 Å². The van der Waals surface area contributed by atoms with Crippen LogP contribution in [0.5, 0.6) is 0 Å². The number of halogens is 1. The number of rotatable bonds is 4. The summed E-state index contributed by atoms with van der Waals surface area (Å²) in [5.41, 5.74) is -5.17. The molecule has 1 N–H and O–H groups in total. The molecule has 0 aromatic rings. The molecule has 8 heteroatoms. The Kier molecular flexibility index (Phi) is 6.05. The first kappa shape index (κ1) is 27.7. The fraction of sp³-hybridized carbons (Fsp3) is 0.767. The van der Waals surface area contributed by atoms with Crippen molar-refractivity contribution >= 4 is 17.5 Å². The fourth-order valence-corrected chi connectivity index (χ4v) is 8.55. The van der Waals surface area contributed by atoms with Crippen LogP contribution in [0.25, 0.3) is 0 Å². The first-order valence-corrected chi connectivity index (χ1v) is 13.8. The van der Waals surface area contributed by atoms with Gasteiger partial charge in [-0.3, -0.25) is 14.4 Å². The normalized spacial score (nSPS) is 45.0. The van der Waals surface area contributed by atoms with E-state index in [1.165, 1.54) is 12.2 Å². The number of esters is 1. The number of aliphatic hydroxyl groups is 1. The maximum absolute atomic E-state index is 17.4. The van der Waals surface area contributed by atoms with Gasteiger partial charge in [-0.1, -0.05) is 39.3 Å². The molecule has 7 nitrogen and oxygen atoms in total. The number of hydrogen-bond acceptors (Lipinski definition) is 7. The largest absolute Gasteiger partial charge is 0.458 e. The van der Waals surface area contributed by atoms with E-state index in [1.54, 1.807) is 26.8 Å². The van der Waals surface area contributed by atoms with Crippen LogP contribution < -0.4 is 0 Å². The van der Waals surface area contributed by atoms with E-state index in [0.717, 1.165) is 0 Å². The molecule has 210 valence electrons. The van der Waals surface area contributed by atoms with Gasteiger partial charge in [-0.25, -0.2) is 4.39 Å². The Morgan fingerprint density at radius 1 is 1.18 bits per heavy atom. The summed E-state index contributed by atoms with van der Waals surface area (Å²) in [6.07, 6.45) is 3.96. The van der Waals surface area contributed by atoms with E-state index in [2.05, 4.69) is 0 Å². The molecule has 5 aliphatic rings. The average Bonchev–Trinajstić information content (AvgIpc) is 3.18. The van der Waals surface area contributed by atoms with Crippen LogP contribution in [0, 0.1) is 28.1 Å². The number of alkyl halides is 1. The smallest absolute Gasteiger partial charge is 0.306 e. The van der Waals surface area contributed by atoms with Crippen LogP contribution in [0.2, 0.25) is 0 Å². The monoisotopic (exact) mass is 532 g/mol. The highest BCUT2D eigenvalue weighted by Gasteiger charge is 2.80. The van der Waals surface area contributed by atoms with Crippen molar-refractivity contribution in [2.75, 3.05) is 6.61 Å². The van der Waals surface area contributed by atoms with Gasteiger partial charge in [-0.05, 0) is 69.9 Å². The third-order valence-electron chi connectivity index (χ3n) is 10.1. The summed E-state index contributed by atoms with van der Waals surface area (Å²) in [5.74, 6) is -3.02. The molecule has 0 radical (unpaired) electrons. The van der Waals surface area contributed by atoms with E-state index < -0.39 is 64.4 Å². The van der Waals surface area contributed by atoms with Gasteiger partial charge in [-0.2, -0.15) is 0 Å². The predicted molar refractivity (Wildman–Crippen MR) is 137 cm³/mol. The van der Waals surface area contributed by atoms with Crippen LogP contribution in [0.15, 0.2) is 23.8 Å². The number of ether oxygens (including phenoxy) is 3. The predicted octanol–water partition coefficient (Wildman–Crippen LogP) is 4.41. The number of hydrogen-bond donors (Lipinski definition) is 1. The van der Waals surface area contributed by atoms with E-state index >= 15 is 4.39 Å². The van der Waals surface area contributed by atoms with Crippen molar-refractivity contribution in [2.45, 2.75) is 110 Å². The molecule has 0 bridgehead atoms. The van der Waals surface area contributed by atoms with Gasteiger partial charge < -0.3 is 19.3 Å². The molecule has 1 aliphatic heterocycles. The van der Waals surface area contributed by atoms with Crippen molar-refractivity contribution in [1.29, 1.82) is 0 Å². The van der Waals surface area contributed by atoms with Crippen molar-refractivity contribution in [1.82, 2.24) is 0 Å². The van der Waals surface area contributed by atoms with Crippen molar-refractivity contribution in [2.24, 2.45) is 28.1 Å². The standard InChI is InChI=1S/C30H41FO7/c1-25(2,3)15-24(35)36-16-22(34)30-23(37-26(4,5)38-30)13-20-19-9-8-17-12-18(32)10-11-27(17,6)29(19,31)21(33)14-28(20,30)7/h10-12,19-21,23,33H,8-9,13-16H2,1-7H3/t19?,20?,21-,23+,27?,28?,29-,30?/m0/s1. The summed E-state index contributed by atoms with van der Waals surface area (Å²) in [5, 5.41) is 11.6. The number of carbonyl (C=O) groups excluding carboxylic acids is 3. The molecule has 4 aliphatic carbocycles. The first-order valence-electron chi connectivity index (χ1n) is 13.8. The highest BCUT2D eigenvalue weighted by Crippen LogP contribution is 2.72. The number of carbonyl (C=O) groups is 3. The summed E-state index contributed by atoms with van der Waals surface area (Å²) in [6.45, 7) is 12.4. The lowest BCUT2D eigenvalue weighted by atomic mass is 9.44. The van der Waals surface area contributed by atoms with E-state index in [0.29, 0.717) is 24.8 Å². The van der Waals surface area contributed by atoms with Gasteiger partial charge in [0.05, 0.1) is 18.6 Å². The molecule has 5 rings (SSSR count). The second kappa shape index (κ2) is 8.31. The molecule has 0 spiro atoms. The number of allylic oxidation sites excluding steroid dienone is 4. The lowest BCUT2D eigenvalue weighted by Gasteiger charge is -2.62. The van der Waals surface area contributed by atoms with Crippen LogP contribution in [-0.4, -0.2) is 58.5 Å². The summed E-state index contributed by atoms with van der Waals surface area (Å²) in [4.78, 5) is 38.6. The highest BCUT2D eigenvalue weighted by atomic mass is 19.1. The van der Waals surface area contributed by atoms with Gasteiger partial charge in [0.15, 0.2) is 29.4 Å². The van der Waals surface area contributed by atoms with Gasteiger partial charge in [0.2, 0.25) is 5.78 Å². The molecule has 8 atom stereocenters. The Balaban J connectivity index is 1.51. The van der Waals surface area contributed by atoms with Crippen LogP contribution in [-0.2, 0) is 28.6 Å². The molecule has 38 heavy (non-hydrogen) atoms. The zero-order valence-electron chi connectivity index (χ0n) is 23.6. The minimum atomic E-state index is -2.02. The van der Waals surface area contributed by atoms with Gasteiger partial charge in [-0.15, -0.1) is 0 Å². The van der Waals surface area contributed by atoms with Crippen molar-refractivity contribution in [3.05, 3.63) is 23.8 Å². The Labute approximate surface area is 224 Å². The third kappa shape index (κ3) is 3.66. The van der Waals surface area contributed by atoms with Crippen LogP contribution in [0.1, 0.15) is 80.6 Å². The van der Waals surface area contributed by atoms with Crippen LogP contribution in [0.4, 0.5) is 4.39 Å². The molecule has 4 fully saturated rings. The van der Waals surface area contributed by atoms with Gasteiger partial charge >= 0.3 is 5.97 Å². The van der Waals surface area contributed by atoms with Crippen LogP contribution in [0.3, 0.4) is 0 Å². The average molecular weight is 533 g/mol. The Hall–Kier alpha value is -1.90. The van der Waals surface area contributed by atoms with E-state index in [4.69, 9.17) is 14.2 Å². The number of fused-ring (bicyclic) bond motifs is 7. The minimum Gasteiger partial charge on any atom is -0.458 e. The van der Waals surface area contributed by atoms with E-state index in [-0.39, 0.29) is 30.0 Å². The topological polar surface area (TPSA) is 99.1 Å². The molecule has 1 heterocycles. The lowest BCUT2D eigenvalue weighted by molar-refractivity contribution is -0.246. The maximum atomic E-state index is 17.4. The van der Waals surface area contributed by atoms with Crippen molar-refractivity contribution in [3.8, 4) is 0 Å². The molecule has 0 aromatic heterocycles. The molecule has 5 unspecified atom stereocenters. The summed E-state index contributed by atoms with van der Waals surface area (Å²) < 4.78 is 35.6. The van der Waals surface area contributed by atoms with Crippen LogP contribution >= 0.6 is 0 Å². The minimum absolute atomic E-state index is 0.0209. The summed E-state index contributed by atoms with van der Waals surface area (Å²) >= 11 is 0. The molecular weight excluding hydrogens is 491 g/mol. The van der Waals surface area contributed by atoms with Crippen molar-refractivity contribution < 1.29 is 38.1 Å². The second-order valence-electron chi connectivity index (χ2n) is 14.2. The molecular formula is C30H41FO7. The summed E-state index contributed by atoms with van der Waals surface area (Å²) in [7, 11) is 0. The fourth-order valence-electron chi connectivity index (χ4n) is 8.55. The second-order valence-corrected chi connectivity index (χ2v) is 14.2. The van der Waals surface area contributed by atoms with Gasteiger partial charge in [0.25, 0.3) is 0 Å². The lowest BCUT2D eigenvalue weighted by Crippen LogP contribution is -2.70. The molecule has 0 aromatic carbocycles. The number of Topliss-reactive ketones (excluding diaryl/α,β-unsaturated/α-hetero) is 1. The highest BCUT2D eigenvalue weighted by molar-refractivity contribution is 6.01. The third-order valence-corrected chi connectivity index (χ3v) is 10.1. The summed E-state index contributed by atoms with van der Waals surface area (Å²) in [6, 6.07) is 0. The Morgan fingerprint density at radius 2 is 1.87 bits per heavy atom. The quantitative estimate of drug-likeness (QED) is 0.536. The van der Waals surface area contributed by atoms with Gasteiger partial charge in [0.1, 0.15) is 0 Å². The zero-order chi connectivity index (χ0) is 28.1.